The summed E-state index contributed by atoms with van der Waals surface area (Å²) in [5.41, 5.74) is 8.94. The number of fused-ring (bicyclic) bond motifs is 1. The van der Waals surface area contributed by atoms with Crippen molar-refractivity contribution in [3.8, 4) is 5.69 Å². The highest BCUT2D eigenvalue weighted by atomic mass is 32.1. The number of para-hydroxylation sites is 1. The predicted molar refractivity (Wildman–Crippen MR) is 102 cm³/mol. The van der Waals surface area contributed by atoms with E-state index in [1.807, 2.05) is 60.1 Å². The maximum absolute atomic E-state index is 12.6. The van der Waals surface area contributed by atoms with E-state index < -0.39 is 0 Å². The zero-order valence-corrected chi connectivity index (χ0v) is 14.4. The average Bonchev–Trinajstić information content (AvgIpc) is 3.17. The summed E-state index contributed by atoms with van der Waals surface area (Å²) in [5, 5.41) is 8.48. The second-order valence-corrected chi connectivity index (χ2v) is 6.77. The number of thiophene rings is 1. The molecule has 2 heterocycles. The third-order valence-corrected chi connectivity index (χ3v) is 5.02. The number of nitrogens with zero attached hydrogens (tertiary/aromatic N) is 2. The van der Waals surface area contributed by atoms with Gasteiger partial charge in [-0.25, -0.2) is 4.68 Å². The van der Waals surface area contributed by atoms with Crippen molar-refractivity contribution in [2.24, 2.45) is 0 Å². The van der Waals surface area contributed by atoms with Crippen LogP contribution in [0.5, 0.6) is 0 Å². The molecule has 0 aliphatic rings. The number of hydrogen-bond donors (Lipinski definition) is 2. The lowest BCUT2D eigenvalue weighted by atomic mass is 10.2. The van der Waals surface area contributed by atoms with Gasteiger partial charge in [0, 0.05) is 16.8 Å². The highest BCUT2D eigenvalue weighted by Crippen LogP contribution is 2.30. The Morgan fingerprint density at radius 1 is 1.12 bits per heavy atom. The van der Waals surface area contributed by atoms with E-state index in [1.165, 1.54) is 11.3 Å². The molecule has 0 aliphatic carbocycles. The Bertz CT molecular complexity index is 1070. The largest absolute Gasteiger partial charge is 0.399 e. The van der Waals surface area contributed by atoms with Gasteiger partial charge in [-0.1, -0.05) is 24.3 Å². The van der Waals surface area contributed by atoms with E-state index in [0.29, 0.717) is 16.3 Å². The van der Waals surface area contributed by atoms with Gasteiger partial charge in [-0.15, -0.1) is 11.3 Å². The second kappa shape index (κ2) is 6.07. The number of carbonyl (C=O) groups is 1. The first kappa shape index (κ1) is 15.4. The molecular weight excluding hydrogens is 332 g/mol. The van der Waals surface area contributed by atoms with Crippen molar-refractivity contribution < 1.29 is 4.79 Å². The average molecular weight is 348 g/mol. The van der Waals surface area contributed by atoms with E-state index in [9.17, 15) is 4.79 Å². The summed E-state index contributed by atoms with van der Waals surface area (Å²) in [6.45, 7) is 1.95. The summed E-state index contributed by atoms with van der Waals surface area (Å²) in [6, 6.07) is 19.0. The monoisotopic (exact) mass is 348 g/mol. The van der Waals surface area contributed by atoms with Crippen LogP contribution >= 0.6 is 11.3 Å². The van der Waals surface area contributed by atoms with E-state index in [1.54, 1.807) is 12.1 Å². The lowest BCUT2D eigenvalue weighted by molar-refractivity contribution is 0.103. The minimum Gasteiger partial charge on any atom is -0.399 e. The standard InChI is InChI=1S/C19H16N4OS/c1-12-16-11-17(18(24)21-14-7-5-6-13(20)10-14)25-19(16)23(22-12)15-8-3-2-4-9-15/h2-11H,20H2,1H3,(H,21,24). The Morgan fingerprint density at radius 2 is 1.92 bits per heavy atom. The number of nitrogens with one attached hydrogen (secondary N) is 1. The molecule has 1 amide bonds. The molecule has 0 saturated heterocycles. The van der Waals surface area contributed by atoms with Gasteiger partial charge in [0.25, 0.3) is 5.91 Å². The molecule has 0 aliphatic heterocycles. The molecule has 0 spiro atoms. The summed E-state index contributed by atoms with van der Waals surface area (Å²) in [7, 11) is 0. The van der Waals surface area contributed by atoms with E-state index in [4.69, 9.17) is 5.73 Å². The van der Waals surface area contributed by atoms with Gasteiger partial charge in [-0.05, 0) is 43.3 Å². The van der Waals surface area contributed by atoms with Crippen LogP contribution in [0.25, 0.3) is 15.9 Å². The Kier molecular flexibility index (Phi) is 3.74. The van der Waals surface area contributed by atoms with Crippen LogP contribution in [0.1, 0.15) is 15.4 Å². The molecule has 5 nitrogen and oxygen atoms in total. The molecule has 25 heavy (non-hydrogen) atoms. The molecule has 0 bridgehead atoms. The topological polar surface area (TPSA) is 72.9 Å². The molecule has 0 atom stereocenters. The quantitative estimate of drug-likeness (QED) is 0.544. The first-order chi connectivity index (χ1) is 12.1. The van der Waals surface area contributed by atoms with Crippen LogP contribution < -0.4 is 11.1 Å². The van der Waals surface area contributed by atoms with E-state index in [0.717, 1.165) is 21.6 Å². The van der Waals surface area contributed by atoms with Gasteiger partial charge < -0.3 is 11.1 Å². The number of amides is 1. The molecule has 124 valence electrons. The van der Waals surface area contributed by atoms with Crippen molar-refractivity contribution in [1.82, 2.24) is 9.78 Å². The summed E-state index contributed by atoms with van der Waals surface area (Å²) >= 11 is 1.43. The lowest BCUT2D eigenvalue weighted by Gasteiger charge is -2.04. The van der Waals surface area contributed by atoms with Crippen LogP contribution in [-0.2, 0) is 0 Å². The SMILES string of the molecule is Cc1nn(-c2ccccc2)c2sc(C(=O)Nc3cccc(N)c3)cc12. The predicted octanol–water partition coefficient (Wildman–Crippen LogP) is 4.23. The minimum absolute atomic E-state index is 0.147. The first-order valence-electron chi connectivity index (χ1n) is 7.83. The van der Waals surface area contributed by atoms with Gasteiger partial charge in [-0.3, -0.25) is 4.79 Å². The molecule has 4 rings (SSSR count). The highest BCUT2D eigenvalue weighted by Gasteiger charge is 2.17. The number of aryl methyl sites for hydroxylation is 1. The van der Waals surface area contributed by atoms with Gasteiger partial charge in [0.15, 0.2) is 0 Å². The fraction of sp³-hybridized carbons (Fsp3) is 0.0526. The zero-order valence-electron chi connectivity index (χ0n) is 13.6. The maximum atomic E-state index is 12.6. The number of rotatable bonds is 3. The fourth-order valence-corrected chi connectivity index (χ4v) is 3.79. The summed E-state index contributed by atoms with van der Waals surface area (Å²) < 4.78 is 1.88. The van der Waals surface area contributed by atoms with Crippen LogP contribution in [0.2, 0.25) is 0 Å². The number of benzene rings is 2. The first-order valence-corrected chi connectivity index (χ1v) is 8.65. The third kappa shape index (κ3) is 2.88. The van der Waals surface area contributed by atoms with Crippen molar-refractivity contribution in [1.29, 1.82) is 0 Å². The zero-order chi connectivity index (χ0) is 17.4. The van der Waals surface area contributed by atoms with Gasteiger partial charge in [0.2, 0.25) is 0 Å². The van der Waals surface area contributed by atoms with Crippen molar-refractivity contribution in [3.05, 3.63) is 71.2 Å². The van der Waals surface area contributed by atoms with Gasteiger partial charge in [0.1, 0.15) is 4.83 Å². The smallest absolute Gasteiger partial charge is 0.265 e. The minimum atomic E-state index is -0.147. The number of anilines is 2. The number of aromatic nitrogens is 2. The van der Waals surface area contributed by atoms with Crippen molar-refractivity contribution in [2.45, 2.75) is 6.92 Å². The molecule has 0 radical (unpaired) electrons. The van der Waals surface area contributed by atoms with E-state index in [-0.39, 0.29) is 5.91 Å². The molecule has 4 aromatic rings. The summed E-state index contributed by atoms with van der Waals surface area (Å²) in [6.07, 6.45) is 0. The van der Waals surface area contributed by atoms with E-state index >= 15 is 0 Å². The molecule has 0 unspecified atom stereocenters. The maximum Gasteiger partial charge on any atom is 0.265 e. The molecular formula is C19H16N4OS. The molecule has 2 aromatic heterocycles. The lowest BCUT2D eigenvalue weighted by Crippen LogP contribution is -2.10. The second-order valence-electron chi connectivity index (χ2n) is 5.74. The number of nitrogen functional groups attached to an aromatic ring is 1. The Hall–Kier alpha value is -3.12. The van der Waals surface area contributed by atoms with Crippen LogP contribution in [0.3, 0.4) is 0 Å². The molecule has 6 heteroatoms. The Balaban J connectivity index is 1.71. The number of hydrogen-bond acceptors (Lipinski definition) is 4. The van der Waals surface area contributed by atoms with Crippen LogP contribution in [0, 0.1) is 6.92 Å². The molecule has 0 fully saturated rings. The fourth-order valence-electron chi connectivity index (χ4n) is 2.71. The summed E-state index contributed by atoms with van der Waals surface area (Å²) in [5.74, 6) is -0.147. The Labute approximate surface area is 148 Å². The van der Waals surface area contributed by atoms with Crippen molar-refractivity contribution in [3.63, 3.8) is 0 Å². The van der Waals surface area contributed by atoms with Gasteiger partial charge in [-0.2, -0.15) is 5.10 Å². The van der Waals surface area contributed by atoms with Crippen molar-refractivity contribution >= 4 is 38.8 Å². The van der Waals surface area contributed by atoms with Crippen LogP contribution in [0.4, 0.5) is 11.4 Å². The van der Waals surface area contributed by atoms with E-state index in [2.05, 4.69) is 10.4 Å². The van der Waals surface area contributed by atoms with Gasteiger partial charge >= 0.3 is 0 Å². The molecule has 0 saturated carbocycles. The number of nitrogens with two attached hydrogens (primary N) is 1. The molecule has 3 N–H and O–H groups in total. The van der Waals surface area contributed by atoms with Crippen LogP contribution in [-0.4, -0.2) is 15.7 Å². The normalized spacial score (nSPS) is 10.9. The third-order valence-electron chi connectivity index (χ3n) is 3.91. The number of carbonyl (C=O) groups excluding carboxylic acids is 1. The Morgan fingerprint density at radius 3 is 2.68 bits per heavy atom. The van der Waals surface area contributed by atoms with Crippen molar-refractivity contribution in [2.75, 3.05) is 11.1 Å². The van der Waals surface area contributed by atoms with Crippen LogP contribution in [0.15, 0.2) is 60.7 Å². The summed E-state index contributed by atoms with van der Waals surface area (Å²) in [4.78, 5) is 14.2. The molecule has 2 aromatic carbocycles. The van der Waals surface area contributed by atoms with Gasteiger partial charge in [0.05, 0.1) is 16.3 Å². The highest BCUT2D eigenvalue weighted by molar-refractivity contribution is 7.20.